The first-order valence-corrected chi connectivity index (χ1v) is 12.6. The highest BCUT2D eigenvalue weighted by atomic mass is 19.1. The molecule has 1 aliphatic heterocycles. The molecule has 39 heavy (non-hydrogen) atoms. The van der Waals surface area contributed by atoms with Crippen LogP contribution in [0.15, 0.2) is 60.8 Å². The Bertz CT molecular complexity index is 1410. The van der Waals surface area contributed by atoms with Gasteiger partial charge < -0.3 is 25.0 Å². The van der Waals surface area contributed by atoms with Crippen molar-refractivity contribution in [1.29, 1.82) is 0 Å². The highest BCUT2D eigenvalue weighted by molar-refractivity contribution is 6.03. The van der Waals surface area contributed by atoms with Gasteiger partial charge in [-0.2, -0.15) is 0 Å². The molecule has 0 saturated heterocycles. The number of ether oxygens (including phenoxy) is 2. The second kappa shape index (κ2) is 12.0. The predicted molar refractivity (Wildman–Crippen MR) is 147 cm³/mol. The summed E-state index contributed by atoms with van der Waals surface area (Å²) < 4.78 is 24.7. The second-order valence-corrected chi connectivity index (χ2v) is 9.84. The zero-order chi connectivity index (χ0) is 28.0. The van der Waals surface area contributed by atoms with E-state index in [2.05, 4.69) is 41.3 Å². The SMILES string of the molecule is CNCCC(C)(C)C#Cc1ccc2c(c1)N(C)C(=O)[C@H](NC(=O)c1cc(Oc3ccc(F)cc3)ccn1)CO2. The molecule has 0 radical (unpaired) electrons. The van der Waals surface area contributed by atoms with Crippen LogP contribution in [0.1, 0.15) is 36.3 Å². The summed E-state index contributed by atoms with van der Waals surface area (Å²) in [6.07, 6.45) is 2.32. The fourth-order valence-electron chi connectivity index (χ4n) is 3.89. The maximum Gasteiger partial charge on any atom is 0.270 e. The Balaban J connectivity index is 1.45. The number of pyridine rings is 1. The van der Waals surface area contributed by atoms with Crippen molar-refractivity contribution in [3.63, 3.8) is 0 Å². The van der Waals surface area contributed by atoms with E-state index in [4.69, 9.17) is 9.47 Å². The van der Waals surface area contributed by atoms with E-state index in [0.29, 0.717) is 22.9 Å². The second-order valence-electron chi connectivity index (χ2n) is 9.84. The maximum atomic E-state index is 13.3. The zero-order valence-electron chi connectivity index (χ0n) is 22.4. The fraction of sp³-hybridized carbons (Fsp3) is 0.300. The van der Waals surface area contributed by atoms with Crippen molar-refractivity contribution >= 4 is 17.5 Å². The smallest absolute Gasteiger partial charge is 0.270 e. The number of halogens is 1. The summed E-state index contributed by atoms with van der Waals surface area (Å²) in [5.74, 6) is 6.52. The summed E-state index contributed by atoms with van der Waals surface area (Å²) in [5, 5.41) is 5.85. The first-order valence-electron chi connectivity index (χ1n) is 12.6. The van der Waals surface area contributed by atoms with Crippen LogP contribution < -0.4 is 25.0 Å². The number of aromatic nitrogens is 1. The van der Waals surface area contributed by atoms with E-state index in [9.17, 15) is 14.0 Å². The van der Waals surface area contributed by atoms with Gasteiger partial charge in [0, 0.05) is 30.3 Å². The monoisotopic (exact) mass is 530 g/mol. The Kier molecular flexibility index (Phi) is 8.47. The predicted octanol–water partition coefficient (Wildman–Crippen LogP) is 4.15. The Labute approximate surface area is 227 Å². The van der Waals surface area contributed by atoms with Crippen LogP contribution in [-0.2, 0) is 4.79 Å². The number of nitrogens with zero attached hydrogens (tertiary/aromatic N) is 2. The minimum atomic E-state index is -0.937. The number of carbonyl (C=O) groups excluding carboxylic acids is 2. The molecule has 1 aliphatic rings. The van der Waals surface area contributed by atoms with Crippen molar-refractivity contribution in [2.24, 2.45) is 5.41 Å². The van der Waals surface area contributed by atoms with E-state index >= 15 is 0 Å². The topological polar surface area (TPSA) is 92.8 Å². The minimum Gasteiger partial charge on any atom is -0.489 e. The Morgan fingerprint density at radius 2 is 1.95 bits per heavy atom. The molecule has 0 unspecified atom stereocenters. The minimum absolute atomic E-state index is 0.0459. The molecule has 2 heterocycles. The molecule has 4 rings (SSSR count). The number of nitrogens with one attached hydrogen (secondary N) is 2. The average molecular weight is 531 g/mol. The Hall–Kier alpha value is -4.42. The van der Waals surface area contributed by atoms with Crippen molar-refractivity contribution in [2.45, 2.75) is 26.3 Å². The van der Waals surface area contributed by atoms with Crippen molar-refractivity contribution in [1.82, 2.24) is 15.6 Å². The van der Waals surface area contributed by atoms with Gasteiger partial charge in [-0.15, -0.1) is 0 Å². The van der Waals surface area contributed by atoms with Crippen LogP contribution in [-0.4, -0.2) is 50.1 Å². The van der Waals surface area contributed by atoms with Crippen molar-refractivity contribution in [3.05, 3.63) is 77.9 Å². The van der Waals surface area contributed by atoms with Gasteiger partial charge in [0.2, 0.25) is 0 Å². The van der Waals surface area contributed by atoms with Gasteiger partial charge in [0.25, 0.3) is 11.8 Å². The highest BCUT2D eigenvalue weighted by Gasteiger charge is 2.31. The molecular formula is C30H31FN4O4. The van der Waals surface area contributed by atoms with Crippen molar-refractivity contribution in [3.8, 4) is 29.1 Å². The zero-order valence-corrected chi connectivity index (χ0v) is 22.4. The van der Waals surface area contributed by atoms with E-state index in [-0.39, 0.29) is 29.4 Å². The summed E-state index contributed by atoms with van der Waals surface area (Å²) in [7, 11) is 3.55. The number of hydrogen-bond donors (Lipinski definition) is 2. The quantitative estimate of drug-likeness (QED) is 0.446. The Morgan fingerprint density at radius 1 is 1.18 bits per heavy atom. The molecule has 2 aromatic carbocycles. The third-order valence-corrected chi connectivity index (χ3v) is 6.22. The van der Waals surface area contributed by atoms with Gasteiger partial charge in [-0.3, -0.25) is 14.6 Å². The summed E-state index contributed by atoms with van der Waals surface area (Å²) in [4.78, 5) is 31.8. The number of carbonyl (C=O) groups is 2. The Morgan fingerprint density at radius 3 is 2.69 bits per heavy atom. The summed E-state index contributed by atoms with van der Waals surface area (Å²) in [6, 6.07) is 13.0. The number of fused-ring (bicyclic) bond motifs is 1. The standard InChI is InChI=1S/C30H31FN4O4/c1-30(2,14-16-32-3)13-11-20-5-10-27-26(17-20)35(4)29(37)25(19-38-27)34-28(36)24-18-23(12-15-33-24)39-22-8-6-21(31)7-9-22/h5-10,12,15,17-18,25,32H,14,16,19H2,1-4H3,(H,34,36)/t25-/m1/s1. The number of benzene rings is 2. The normalized spacial score (nSPS) is 14.8. The molecule has 1 atom stereocenters. The van der Waals surface area contributed by atoms with E-state index in [1.165, 1.54) is 41.4 Å². The van der Waals surface area contributed by atoms with Gasteiger partial charge in [0.15, 0.2) is 0 Å². The fourth-order valence-corrected chi connectivity index (χ4v) is 3.89. The van der Waals surface area contributed by atoms with Gasteiger partial charge in [-0.05, 0) is 82.4 Å². The van der Waals surface area contributed by atoms with Crippen molar-refractivity contribution in [2.75, 3.05) is 32.1 Å². The number of likely N-dealkylation sites (N-methyl/N-ethyl adjacent to an activating group) is 1. The molecule has 0 bridgehead atoms. The van der Waals surface area contributed by atoms with E-state index in [1.807, 2.05) is 19.2 Å². The van der Waals surface area contributed by atoms with Crippen LogP contribution in [0.3, 0.4) is 0 Å². The average Bonchev–Trinajstić information content (AvgIpc) is 3.04. The lowest BCUT2D eigenvalue weighted by Crippen LogP contribution is -2.49. The lowest BCUT2D eigenvalue weighted by Gasteiger charge is -2.20. The molecule has 3 aromatic rings. The molecule has 1 aromatic heterocycles. The largest absolute Gasteiger partial charge is 0.489 e. The number of rotatable bonds is 7. The van der Waals surface area contributed by atoms with Gasteiger partial charge in [0.05, 0.1) is 5.69 Å². The van der Waals surface area contributed by atoms with Crippen LogP contribution in [0, 0.1) is 23.1 Å². The first-order chi connectivity index (χ1) is 18.6. The molecule has 0 saturated carbocycles. The molecule has 2 N–H and O–H groups in total. The molecule has 2 amide bonds. The summed E-state index contributed by atoms with van der Waals surface area (Å²) in [6.45, 7) is 5.00. The maximum absolute atomic E-state index is 13.3. The van der Waals surface area contributed by atoms with Crippen LogP contribution in [0.5, 0.6) is 17.2 Å². The lowest BCUT2D eigenvalue weighted by atomic mass is 9.90. The third kappa shape index (κ3) is 7.12. The van der Waals surface area contributed by atoms with E-state index in [0.717, 1.165) is 18.5 Å². The van der Waals surface area contributed by atoms with Crippen molar-refractivity contribution < 1.29 is 23.5 Å². The molecule has 0 spiro atoms. The first kappa shape index (κ1) is 27.6. The molecule has 0 fully saturated rings. The molecule has 202 valence electrons. The number of hydrogen-bond acceptors (Lipinski definition) is 6. The molecule has 0 aliphatic carbocycles. The van der Waals surface area contributed by atoms with Gasteiger partial charge in [-0.1, -0.05) is 11.8 Å². The van der Waals surface area contributed by atoms with E-state index in [1.54, 1.807) is 19.2 Å². The van der Waals surface area contributed by atoms with E-state index < -0.39 is 11.9 Å². The molecule has 9 heteroatoms. The highest BCUT2D eigenvalue weighted by Crippen LogP contribution is 2.32. The third-order valence-electron chi connectivity index (χ3n) is 6.22. The van der Waals surface area contributed by atoms with Crippen LogP contribution in [0.25, 0.3) is 0 Å². The molecule has 8 nitrogen and oxygen atoms in total. The van der Waals surface area contributed by atoms with Crippen LogP contribution >= 0.6 is 0 Å². The lowest BCUT2D eigenvalue weighted by molar-refractivity contribution is -0.120. The van der Waals surface area contributed by atoms with Crippen LogP contribution in [0.2, 0.25) is 0 Å². The molecular weight excluding hydrogens is 499 g/mol. The number of anilines is 1. The summed E-state index contributed by atoms with van der Waals surface area (Å²) in [5.41, 5.74) is 1.23. The van der Waals surface area contributed by atoms with Crippen LogP contribution in [0.4, 0.5) is 10.1 Å². The van der Waals surface area contributed by atoms with Gasteiger partial charge >= 0.3 is 0 Å². The number of amides is 2. The summed E-state index contributed by atoms with van der Waals surface area (Å²) >= 11 is 0. The van der Waals surface area contributed by atoms with Gasteiger partial charge in [0.1, 0.15) is 41.4 Å². The van der Waals surface area contributed by atoms with Gasteiger partial charge in [-0.25, -0.2) is 4.39 Å².